The maximum Gasteiger partial charge on any atom is 0.267 e. The molecule has 0 spiro atoms. The van der Waals surface area contributed by atoms with Crippen molar-refractivity contribution in [2.75, 3.05) is 11.4 Å². The molecule has 0 unspecified atom stereocenters. The van der Waals surface area contributed by atoms with Crippen molar-refractivity contribution in [2.45, 2.75) is 13.5 Å². The largest absolute Gasteiger partial charge is 0.467 e. The second kappa shape index (κ2) is 5.18. The van der Waals surface area contributed by atoms with Gasteiger partial charge in [-0.2, -0.15) is 0 Å². The lowest BCUT2D eigenvalue weighted by Gasteiger charge is -2.21. The Hall–Kier alpha value is -1.56. The van der Waals surface area contributed by atoms with Gasteiger partial charge in [-0.3, -0.25) is 4.79 Å². The molecule has 1 N–H and O–H groups in total. The van der Waals surface area contributed by atoms with Crippen molar-refractivity contribution in [1.29, 1.82) is 0 Å². The van der Waals surface area contributed by atoms with Crippen LogP contribution in [-0.2, 0) is 6.54 Å². The van der Waals surface area contributed by atoms with E-state index in [-0.39, 0.29) is 5.56 Å². The van der Waals surface area contributed by atoms with Crippen LogP contribution < -0.4 is 10.5 Å². The molecule has 0 saturated heterocycles. The topological polar surface area (TPSA) is 62.1 Å². The Morgan fingerprint density at radius 1 is 1.59 bits per heavy atom. The average molecular weight is 298 g/mol. The first-order chi connectivity index (χ1) is 8.22. The number of anilines is 1. The molecular formula is C11H12BrN3O2. The summed E-state index contributed by atoms with van der Waals surface area (Å²) < 4.78 is 5.73. The summed E-state index contributed by atoms with van der Waals surface area (Å²) in [4.78, 5) is 20.1. The molecular weight excluding hydrogens is 286 g/mol. The van der Waals surface area contributed by atoms with E-state index in [1.54, 1.807) is 6.26 Å². The second-order valence-corrected chi connectivity index (χ2v) is 4.26. The summed E-state index contributed by atoms with van der Waals surface area (Å²) in [5.41, 5.74) is -0.187. The third-order valence-corrected chi connectivity index (χ3v) is 3.10. The molecule has 17 heavy (non-hydrogen) atoms. The number of nitrogens with zero attached hydrogens (tertiary/aromatic N) is 2. The molecule has 0 aliphatic heterocycles. The summed E-state index contributed by atoms with van der Waals surface area (Å²) in [5.74, 6) is 1.45. The van der Waals surface area contributed by atoms with Crippen molar-refractivity contribution >= 4 is 21.7 Å². The summed E-state index contributed by atoms with van der Waals surface area (Å²) in [5, 5.41) is 0. The van der Waals surface area contributed by atoms with E-state index in [1.807, 2.05) is 24.0 Å². The molecule has 0 aliphatic rings. The Kier molecular flexibility index (Phi) is 3.63. The van der Waals surface area contributed by atoms with E-state index >= 15 is 0 Å². The number of aromatic amines is 1. The predicted octanol–water partition coefficient (Wildman–Crippen LogP) is 2.15. The van der Waals surface area contributed by atoms with Gasteiger partial charge in [-0.25, -0.2) is 4.98 Å². The predicted molar refractivity (Wildman–Crippen MR) is 68.0 cm³/mol. The van der Waals surface area contributed by atoms with Gasteiger partial charge in [0.1, 0.15) is 10.2 Å². The van der Waals surface area contributed by atoms with E-state index in [2.05, 4.69) is 25.9 Å². The van der Waals surface area contributed by atoms with Crippen molar-refractivity contribution < 1.29 is 4.42 Å². The smallest absolute Gasteiger partial charge is 0.267 e. The molecule has 90 valence electrons. The van der Waals surface area contributed by atoms with Gasteiger partial charge >= 0.3 is 0 Å². The molecule has 0 atom stereocenters. The lowest BCUT2D eigenvalue weighted by Crippen LogP contribution is -2.25. The minimum absolute atomic E-state index is 0.187. The van der Waals surface area contributed by atoms with Crippen LogP contribution in [0.3, 0.4) is 0 Å². The molecule has 5 nitrogen and oxygen atoms in total. The second-order valence-electron chi connectivity index (χ2n) is 3.46. The number of rotatable bonds is 4. The van der Waals surface area contributed by atoms with E-state index in [4.69, 9.17) is 4.42 Å². The van der Waals surface area contributed by atoms with Crippen LogP contribution in [0.4, 0.5) is 5.82 Å². The van der Waals surface area contributed by atoms with Gasteiger partial charge < -0.3 is 14.3 Å². The van der Waals surface area contributed by atoms with Crippen LogP contribution in [0, 0.1) is 0 Å². The van der Waals surface area contributed by atoms with Crippen LogP contribution in [0.25, 0.3) is 0 Å². The van der Waals surface area contributed by atoms with Gasteiger partial charge in [0.25, 0.3) is 5.56 Å². The van der Waals surface area contributed by atoms with Gasteiger partial charge in [0.2, 0.25) is 0 Å². The van der Waals surface area contributed by atoms with Crippen molar-refractivity contribution in [3.8, 4) is 0 Å². The Morgan fingerprint density at radius 2 is 2.41 bits per heavy atom. The van der Waals surface area contributed by atoms with Gasteiger partial charge in [-0.05, 0) is 35.0 Å². The molecule has 2 aromatic rings. The maximum atomic E-state index is 11.5. The van der Waals surface area contributed by atoms with Gasteiger partial charge in [0, 0.05) is 6.54 Å². The van der Waals surface area contributed by atoms with Gasteiger partial charge in [-0.1, -0.05) is 0 Å². The summed E-state index contributed by atoms with van der Waals surface area (Å²) in [6, 6.07) is 3.73. The van der Waals surface area contributed by atoms with Crippen molar-refractivity contribution in [2.24, 2.45) is 0 Å². The highest BCUT2D eigenvalue weighted by Gasteiger charge is 2.13. The maximum absolute atomic E-state index is 11.5. The van der Waals surface area contributed by atoms with E-state index in [0.29, 0.717) is 16.8 Å². The summed E-state index contributed by atoms with van der Waals surface area (Å²) in [6.07, 6.45) is 3.02. The molecule has 0 bridgehead atoms. The minimum Gasteiger partial charge on any atom is -0.467 e. The highest BCUT2D eigenvalue weighted by molar-refractivity contribution is 9.10. The number of hydrogen-bond acceptors (Lipinski definition) is 4. The summed E-state index contributed by atoms with van der Waals surface area (Å²) >= 11 is 3.25. The van der Waals surface area contributed by atoms with E-state index in [0.717, 1.165) is 12.3 Å². The first kappa shape index (κ1) is 11.9. The molecule has 0 amide bonds. The molecule has 0 radical (unpaired) electrons. The molecule has 2 rings (SSSR count). The van der Waals surface area contributed by atoms with Gasteiger partial charge in [-0.15, -0.1) is 0 Å². The number of hydrogen-bond donors (Lipinski definition) is 1. The number of nitrogens with one attached hydrogen (secondary N) is 1. The number of furan rings is 1. The Bertz CT molecular complexity index is 536. The highest BCUT2D eigenvalue weighted by Crippen LogP contribution is 2.20. The van der Waals surface area contributed by atoms with Crippen LogP contribution in [-0.4, -0.2) is 16.5 Å². The number of halogens is 1. The zero-order valence-corrected chi connectivity index (χ0v) is 10.9. The van der Waals surface area contributed by atoms with Crippen LogP contribution in [0.15, 0.2) is 38.4 Å². The first-order valence-electron chi connectivity index (χ1n) is 5.23. The fourth-order valence-electron chi connectivity index (χ4n) is 1.52. The molecule has 2 heterocycles. The molecule has 0 aromatic carbocycles. The fourth-order valence-corrected chi connectivity index (χ4v) is 1.99. The van der Waals surface area contributed by atoms with Crippen LogP contribution in [0.5, 0.6) is 0 Å². The number of H-pyrrole nitrogens is 1. The number of aromatic nitrogens is 2. The first-order valence-corrected chi connectivity index (χ1v) is 6.02. The Morgan fingerprint density at radius 3 is 3.06 bits per heavy atom. The normalized spacial score (nSPS) is 10.5. The third kappa shape index (κ3) is 2.58. The Balaban J connectivity index is 2.29. The van der Waals surface area contributed by atoms with E-state index in [1.165, 1.54) is 6.33 Å². The highest BCUT2D eigenvalue weighted by atomic mass is 79.9. The quantitative estimate of drug-likeness (QED) is 0.939. The monoisotopic (exact) mass is 297 g/mol. The van der Waals surface area contributed by atoms with Gasteiger partial charge in [0.15, 0.2) is 5.82 Å². The van der Waals surface area contributed by atoms with Crippen LogP contribution >= 0.6 is 15.9 Å². The molecule has 0 aliphatic carbocycles. The SMILES string of the molecule is CCN(Cc1ccco1)c1nc[nH]c(=O)c1Br. The van der Waals surface area contributed by atoms with Crippen LogP contribution in [0.2, 0.25) is 0 Å². The van der Waals surface area contributed by atoms with Crippen molar-refractivity contribution in [1.82, 2.24) is 9.97 Å². The average Bonchev–Trinajstić information content (AvgIpc) is 2.83. The molecule has 0 fully saturated rings. The van der Waals surface area contributed by atoms with Crippen LogP contribution in [0.1, 0.15) is 12.7 Å². The lowest BCUT2D eigenvalue weighted by molar-refractivity contribution is 0.502. The summed E-state index contributed by atoms with van der Waals surface area (Å²) in [7, 11) is 0. The summed E-state index contributed by atoms with van der Waals surface area (Å²) in [6.45, 7) is 3.31. The molecule has 2 aromatic heterocycles. The third-order valence-electron chi connectivity index (χ3n) is 2.39. The minimum atomic E-state index is -0.187. The zero-order valence-electron chi connectivity index (χ0n) is 9.31. The molecule has 0 saturated carbocycles. The Labute approximate surface area is 107 Å². The van der Waals surface area contributed by atoms with Crippen molar-refractivity contribution in [3.05, 3.63) is 45.3 Å². The lowest BCUT2D eigenvalue weighted by atomic mass is 10.4. The standard InChI is InChI=1S/C11H12BrN3O2/c1-2-15(6-8-4-3-5-17-8)10-9(12)11(16)14-7-13-10/h3-5,7H,2,6H2,1H3,(H,13,14,16). The fraction of sp³-hybridized carbons (Fsp3) is 0.273. The zero-order chi connectivity index (χ0) is 12.3. The van der Waals surface area contributed by atoms with E-state index in [9.17, 15) is 4.79 Å². The van der Waals surface area contributed by atoms with Gasteiger partial charge in [0.05, 0.1) is 19.1 Å². The van der Waals surface area contributed by atoms with E-state index < -0.39 is 0 Å². The molecule has 6 heteroatoms. The van der Waals surface area contributed by atoms with Crippen molar-refractivity contribution in [3.63, 3.8) is 0 Å².